The molecular formula is C50H28N4O. The van der Waals surface area contributed by atoms with Crippen LogP contribution in [0.5, 0.6) is 0 Å². The summed E-state index contributed by atoms with van der Waals surface area (Å²) in [4.78, 5) is 10.8. The Morgan fingerprint density at radius 3 is 1.98 bits per heavy atom. The molecule has 13 rings (SSSR count). The number of nitrogens with zero attached hydrogens (tertiary/aromatic N) is 4. The third-order valence-corrected chi connectivity index (χ3v) is 11.6. The molecule has 0 saturated carbocycles. The maximum absolute atomic E-state index is 6.80. The maximum Gasteiger partial charge on any atom is 0.197 e. The van der Waals surface area contributed by atoms with Crippen molar-refractivity contribution in [2.24, 2.45) is 0 Å². The van der Waals surface area contributed by atoms with E-state index in [1.807, 2.05) is 18.2 Å². The molecule has 5 heterocycles. The Labute approximate surface area is 313 Å². The van der Waals surface area contributed by atoms with Crippen LogP contribution in [0.3, 0.4) is 0 Å². The first-order valence-electron chi connectivity index (χ1n) is 18.7. The number of rotatable bonds is 3. The zero-order chi connectivity index (χ0) is 35.8. The van der Waals surface area contributed by atoms with Gasteiger partial charge in [0, 0.05) is 43.3 Å². The van der Waals surface area contributed by atoms with Gasteiger partial charge in [-0.05, 0) is 70.4 Å². The SMILES string of the molecule is c1ccc(-c2ccc3c(c2)c2cc4c5ccccc5n5c6ccccc6c(c2n3-c2nc(-c3ccc6ccccc6c3)nc3c2oc2ccccc23)c45)cc1. The largest absolute Gasteiger partial charge is 0.450 e. The molecule has 0 aliphatic rings. The van der Waals surface area contributed by atoms with E-state index in [9.17, 15) is 0 Å². The molecule has 55 heavy (non-hydrogen) atoms. The van der Waals surface area contributed by atoms with Gasteiger partial charge in [0.25, 0.3) is 0 Å². The Morgan fingerprint density at radius 2 is 1.11 bits per heavy atom. The predicted octanol–water partition coefficient (Wildman–Crippen LogP) is 13.1. The van der Waals surface area contributed by atoms with E-state index in [-0.39, 0.29) is 0 Å². The molecule has 254 valence electrons. The van der Waals surface area contributed by atoms with E-state index in [0.717, 1.165) is 49.7 Å². The summed E-state index contributed by atoms with van der Waals surface area (Å²) in [5.41, 5.74) is 11.3. The normalized spacial score (nSPS) is 12.4. The average Bonchev–Trinajstić information content (AvgIpc) is 3.99. The van der Waals surface area contributed by atoms with Crippen molar-refractivity contribution < 1.29 is 4.42 Å². The highest BCUT2D eigenvalue weighted by Gasteiger charge is 2.27. The number of aromatic nitrogens is 4. The molecule has 0 bridgehead atoms. The van der Waals surface area contributed by atoms with Crippen molar-refractivity contribution in [1.29, 1.82) is 0 Å². The van der Waals surface area contributed by atoms with Crippen molar-refractivity contribution in [2.45, 2.75) is 0 Å². The molecule has 5 heteroatoms. The van der Waals surface area contributed by atoms with Gasteiger partial charge in [0.1, 0.15) is 11.1 Å². The van der Waals surface area contributed by atoms with Gasteiger partial charge in [-0.1, -0.05) is 121 Å². The highest BCUT2D eigenvalue weighted by Crippen LogP contribution is 2.48. The van der Waals surface area contributed by atoms with Gasteiger partial charge in [0.15, 0.2) is 17.2 Å². The summed E-state index contributed by atoms with van der Waals surface area (Å²) in [5, 5.41) is 10.5. The van der Waals surface area contributed by atoms with E-state index in [1.165, 1.54) is 60.0 Å². The Kier molecular flexibility index (Phi) is 5.57. The summed E-state index contributed by atoms with van der Waals surface area (Å²) >= 11 is 0. The quantitative estimate of drug-likeness (QED) is 0.184. The van der Waals surface area contributed by atoms with Crippen LogP contribution < -0.4 is 0 Å². The van der Waals surface area contributed by atoms with Crippen molar-refractivity contribution >= 4 is 92.7 Å². The minimum absolute atomic E-state index is 0.655. The van der Waals surface area contributed by atoms with Crippen molar-refractivity contribution in [3.8, 4) is 28.3 Å². The number of hydrogen-bond donors (Lipinski definition) is 0. The smallest absolute Gasteiger partial charge is 0.197 e. The van der Waals surface area contributed by atoms with Gasteiger partial charge in [-0.25, -0.2) is 9.97 Å². The molecule has 0 atom stereocenters. The van der Waals surface area contributed by atoms with E-state index in [2.05, 4.69) is 161 Å². The van der Waals surface area contributed by atoms with E-state index in [0.29, 0.717) is 11.4 Å². The molecule has 0 amide bonds. The van der Waals surface area contributed by atoms with Crippen molar-refractivity contribution in [1.82, 2.24) is 18.9 Å². The Hall–Kier alpha value is -7.50. The van der Waals surface area contributed by atoms with Crippen LogP contribution in [0.1, 0.15) is 0 Å². The molecule has 13 aromatic rings. The summed E-state index contributed by atoms with van der Waals surface area (Å²) in [5.74, 6) is 1.38. The predicted molar refractivity (Wildman–Crippen MR) is 227 cm³/mol. The molecule has 0 aliphatic carbocycles. The molecule has 0 N–H and O–H groups in total. The number of para-hydroxylation sites is 3. The van der Waals surface area contributed by atoms with Crippen LogP contribution in [0.15, 0.2) is 174 Å². The first kappa shape index (κ1) is 29.0. The second-order valence-corrected chi connectivity index (χ2v) is 14.6. The molecule has 0 fully saturated rings. The van der Waals surface area contributed by atoms with E-state index < -0.39 is 0 Å². The van der Waals surface area contributed by atoms with Crippen LogP contribution in [0, 0.1) is 0 Å². The summed E-state index contributed by atoms with van der Waals surface area (Å²) in [6, 6.07) is 60.6. The molecule has 0 radical (unpaired) electrons. The third-order valence-electron chi connectivity index (χ3n) is 11.6. The minimum Gasteiger partial charge on any atom is -0.450 e. The molecule has 0 saturated heterocycles. The summed E-state index contributed by atoms with van der Waals surface area (Å²) in [6.45, 7) is 0. The van der Waals surface area contributed by atoms with Crippen LogP contribution in [0.25, 0.3) is 121 Å². The monoisotopic (exact) mass is 700 g/mol. The van der Waals surface area contributed by atoms with E-state index >= 15 is 0 Å². The van der Waals surface area contributed by atoms with Gasteiger partial charge in [-0.2, -0.15) is 0 Å². The van der Waals surface area contributed by atoms with Gasteiger partial charge in [0.2, 0.25) is 0 Å². The van der Waals surface area contributed by atoms with Gasteiger partial charge in [0.05, 0.1) is 27.6 Å². The highest BCUT2D eigenvalue weighted by molar-refractivity contribution is 6.34. The maximum atomic E-state index is 6.80. The standard InChI is InChI=1S/C50H28N4O/c1-2-12-29(13-3-1)32-24-25-42-37(27-32)39-28-38-34-16-6-9-19-40(34)53-41-20-10-7-17-35(41)44(46(38)53)47(39)54(42)50-48-45(36-18-8-11-21-43(36)55-48)51-49(52-50)33-23-22-30-14-4-5-15-31(30)26-33/h1-28H. The van der Waals surface area contributed by atoms with Crippen LogP contribution in [-0.2, 0) is 0 Å². The van der Waals surface area contributed by atoms with Crippen LogP contribution in [0.2, 0.25) is 0 Å². The van der Waals surface area contributed by atoms with Crippen LogP contribution in [-0.4, -0.2) is 18.9 Å². The van der Waals surface area contributed by atoms with Gasteiger partial charge in [-0.15, -0.1) is 0 Å². The first-order chi connectivity index (χ1) is 27.3. The molecule has 5 nitrogen and oxygen atoms in total. The molecule has 5 aromatic heterocycles. The first-order valence-corrected chi connectivity index (χ1v) is 18.7. The average molecular weight is 701 g/mol. The lowest BCUT2D eigenvalue weighted by Crippen LogP contribution is -2.02. The van der Waals surface area contributed by atoms with Crippen molar-refractivity contribution in [3.05, 3.63) is 170 Å². The fourth-order valence-electron chi connectivity index (χ4n) is 9.22. The summed E-state index contributed by atoms with van der Waals surface area (Å²) < 4.78 is 11.6. The topological polar surface area (TPSA) is 48.3 Å². The molecular weight excluding hydrogens is 673 g/mol. The fourth-order valence-corrected chi connectivity index (χ4v) is 9.22. The van der Waals surface area contributed by atoms with Crippen molar-refractivity contribution in [3.63, 3.8) is 0 Å². The Balaban J connectivity index is 1.26. The number of furan rings is 1. The third kappa shape index (κ3) is 3.86. The zero-order valence-electron chi connectivity index (χ0n) is 29.4. The lowest BCUT2D eigenvalue weighted by atomic mass is 10.0. The lowest BCUT2D eigenvalue weighted by molar-refractivity contribution is 0.662. The van der Waals surface area contributed by atoms with E-state index in [1.54, 1.807) is 0 Å². The molecule has 0 unspecified atom stereocenters. The summed E-state index contributed by atoms with van der Waals surface area (Å²) in [6.07, 6.45) is 0. The highest BCUT2D eigenvalue weighted by atomic mass is 16.3. The van der Waals surface area contributed by atoms with Crippen LogP contribution >= 0.6 is 0 Å². The minimum atomic E-state index is 0.655. The van der Waals surface area contributed by atoms with E-state index in [4.69, 9.17) is 14.4 Å². The molecule has 8 aromatic carbocycles. The number of fused-ring (bicyclic) bond motifs is 14. The fraction of sp³-hybridized carbons (Fsp3) is 0. The second-order valence-electron chi connectivity index (χ2n) is 14.6. The van der Waals surface area contributed by atoms with Gasteiger partial charge in [-0.3, -0.25) is 4.57 Å². The van der Waals surface area contributed by atoms with Gasteiger partial charge >= 0.3 is 0 Å². The van der Waals surface area contributed by atoms with Gasteiger partial charge < -0.3 is 8.82 Å². The lowest BCUT2D eigenvalue weighted by Gasteiger charge is -2.11. The molecule has 0 spiro atoms. The number of hydrogen-bond acceptors (Lipinski definition) is 3. The van der Waals surface area contributed by atoms with Crippen molar-refractivity contribution in [2.75, 3.05) is 0 Å². The zero-order valence-corrected chi connectivity index (χ0v) is 29.4. The summed E-state index contributed by atoms with van der Waals surface area (Å²) in [7, 11) is 0. The number of benzene rings is 8. The molecule has 0 aliphatic heterocycles. The van der Waals surface area contributed by atoms with Crippen LogP contribution in [0.4, 0.5) is 0 Å². The Morgan fingerprint density at radius 1 is 0.418 bits per heavy atom. The second kappa shape index (κ2) is 10.6. The Bertz CT molecular complexity index is 3720.